The van der Waals surface area contributed by atoms with E-state index in [2.05, 4.69) is 11.6 Å². The maximum Gasteiger partial charge on any atom is 0.241 e. The van der Waals surface area contributed by atoms with Crippen LogP contribution in [0.3, 0.4) is 0 Å². The third kappa shape index (κ3) is 4.49. The highest BCUT2D eigenvalue weighted by atomic mass is 32.2. The molecule has 0 aromatic heterocycles. The smallest absolute Gasteiger partial charge is 0.241 e. The predicted molar refractivity (Wildman–Crippen MR) is 110 cm³/mol. The fourth-order valence-electron chi connectivity index (χ4n) is 3.04. The van der Waals surface area contributed by atoms with Crippen molar-refractivity contribution in [2.45, 2.75) is 37.6 Å². The highest BCUT2D eigenvalue weighted by Gasteiger charge is 2.21. The van der Waals surface area contributed by atoms with Crippen LogP contribution in [0, 0.1) is 0 Å². The van der Waals surface area contributed by atoms with Gasteiger partial charge in [-0.2, -0.15) is 0 Å². The van der Waals surface area contributed by atoms with Gasteiger partial charge in [0.1, 0.15) is 5.75 Å². The summed E-state index contributed by atoms with van der Waals surface area (Å²) in [5, 5.41) is 1.48. The molecule has 0 radical (unpaired) electrons. The maximum atomic E-state index is 13.0. The molecule has 0 aliphatic carbocycles. The number of benzene rings is 3. The average molecular weight is 384 g/mol. The first-order chi connectivity index (χ1) is 13.0. The SMILES string of the molecule is CCCCOc1ccc(S(=O)(=O)NC(C)c2ccccc2)c2ccccc12. The summed E-state index contributed by atoms with van der Waals surface area (Å²) >= 11 is 0. The first kappa shape index (κ1) is 19.4. The molecule has 0 saturated heterocycles. The van der Waals surface area contributed by atoms with Crippen LogP contribution in [0.25, 0.3) is 10.8 Å². The van der Waals surface area contributed by atoms with Crippen molar-refractivity contribution in [2.24, 2.45) is 0 Å². The zero-order chi connectivity index (χ0) is 19.3. The molecular formula is C22H25NO3S. The summed E-state index contributed by atoms with van der Waals surface area (Å²) < 4.78 is 34.7. The lowest BCUT2D eigenvalue weighted by molar-refractivity contribution is 0.313. The highest BCUT2D eigenvalue weighted by molar-refractivity contribution is 7.89. The Kier molecular flexibility index (Phi) is 6.14. The van der Waals surface area contributed by atoms with Crippen LogP contribution in [0.1, 0.15) is 38.3 Å². The quantitative estimate of drug-likeness (QED) is 0.553. The van der Waals surface area contributed by atoms with Crippen molar-refractivity contribution in [2.75, 3.05) is 6.61 Å². The Bertz CT molecular complexity index is 1000. The molecule has 0 bridgehead atoms. The summed E-state index contributed by atoms with van der Waals surface area (Å²) in [5.74, 6) is 0.717. The lowest BCUT2D eigenvalue weighted by atomic mass is 10.1. The van der Waals surface area contributed by atoms with E-state index in [9.17, 15) is 8.42 Å². The lowest BCUT2D eigenvalue weighted by Crippen LogP contribution is -2.27. The molecule has 0 heterocycles. The number of nitrogens with one attached hydrogen (secondary N) is 1. The minimum absolute atomic E-state index is 0.267. The zero-order valence-electron chi connectivity index (χ0n) is 15.7. The third-order valence-corrected chi connectivity index (χ3v) is 6.12. The summed E-state index contributed by atoms with van der Waals surface area (Å²) in [6.07, 6.45) is 2.01. The molecule has 1 atom stereocenters. The van der Waals surface area contributed by atoms with Gasteiger partial charge in [-0.15, -0.1) is 0 Å². The van der Waals surface area contributed by atoms with Crippen LogP contribution >= 0.6 is 0 Å². The van der Waals surface area contributed by atoms with Gasteiger partial charge < -0.3 is 4.74 Å². The Morgan fingerprint density at radius 2 is 1.59 bits per heavy atom. The molecule has 0 aliphatic heterocycles. The van der Waals surface area contributed by atoms with E-state index >= 15 is 0 Å². The summed E-state index contributed by atoms with van der Waals surface area (Å²) in [6.45, 7) is 4.57. The number of hydrogen-bond donors (Lipinski definition) is 1. The lowest BCUT2D eigenvalue weighted by Gasteiger charge is -2.17. The van der Waals surface area contributed by atoms with Gasteiger partial charge in [0.15, 0.2) is 0 Å². The van der Waals surface area contributed by atoms with Gasteiger partial charge in [-0.3, -0.25) is 0 Å². The summed E-state index contributed by atoms with van der Waals surface area (Å²) in [4.78, 5) is 0.267. The molecule has 0 saturated carbocycles. The number of ether oxygens (including phenoxy) is 1. The van der Waals surface area contributed by atoms with Crippen LogP contribution in [-0.4, -0.2) is 15.0 Å². The van der Waals surface area contributed by atoms with Gasteiger partial charge >= 0.3 is 0 Å². The van der Waals surface area contributed by atoms with Gasteiger partial charge in [-0.1, -0.05) is 67.9 Å². The van der Waals surface area contributed by atoms with Crippen LogP contribution in [0.5, 0.6) is 5.75 Å². The third-order valence-electron chi connectivity index (χ3n) is 4.52. The van der Waals surface area contributed by atoms with Crippen molar-refractivity contribution in [3.63, 3.8) is 0 Å². The van der Waals surface area contributed by atoms with Gasteiger partial charge in [-0.05, 0) is 31.0 Å². The second-order valence-electron chi connectivity index (χ2n) is 6.56. The summed E-state index contributed by atoms with van der Waals surface area (Å²) in [7, 11) is -3.68. The Hall–Kier alpha value is -2.37. The number of rotatable bonds is 8. The van der Waals surface area contributed by atoms with Crippen molar-refractivity contribution < 1.29 is 13.2 Å². The monoisotopic (exact) mass is 383 g/mol. The Labute approximate surface area is 161 Å². The van der Waals surface area contributed by atoms with Crippen LogP contribution in [-0.2, 0) is 10.0 Å². The first-order valence-corrected chi connectivity index (χ1v) is 10.7. The number of unbranched alkanes of at least 4 members (excludes halogenated alkanes) is 1. The largest absolute Gasteiger partial charge is 0.493 e. The summed E-state index contributed by atoms with van der Waals surface area (Å²) in [6, 6.07) is 20.1. The topological polar surface area (TPSA) is 55.4 Å². The Balaban J connectivity index is 1.95. The van der Waals surface area contributed by atoms with Crippen molar-refractivity contribution >= 4 is 20.8 Å². The van der Waals surface area contributed by atoms with Gasteiger partial charge in [0.2, 0.25) is 10.0 Å². The normalized spacial score (nSPS) is 12.8. The molecule has 27 heavy (non-hydrogen) atoms. The molecule has 1 unspecified atom stereocenters. The fourth-order valence-corrected chi connectivity index (χ4v) is 4.48. The van der Waals surface area contributed by atoms with E-state index in [1.165, 1.54) is 0 Å². The van der Waals surface area contributed by atoms with Crippen molar-refractivity contribution in [1.29, 1.82) is 0 Å². The first-order valence-electron chi connectivity index (χ1n) is 9.24. The average Bonchev–Trinajstić information content (AvgIpc) is 2.68. The van der Waals surface area contributed by atoms with Crippen molar-refractivity contribution in [1.82, 2.24) is 4.72 Å². The van der Waals surface area contributed by atoms with E-state index in [-0.39, 0.29) is 10.9 Å². The fraction of sp³-hybridized carbons (Fsp3) is 0.273. The molecule has 1 N–H and O–H groups in total. The number of hydrogen-bond acceptors (Lipinski definition) is 3. The van der Waals surface area contributed by atoms with E-state index in [0.717, 1.165) is 23.8 Å². The van der Waals surface area contributed by atoms with Crippen molar-refractivity contribution in [3.05, 3.63) is 72.3 Å². The van der Waals surface area contributed by atoms with Gasteiger partial charge in [-0.25, -0.2) is 13.1 Å². The van der Waals surface area contributed by atoms with Gasteiger partial charge in [0.25, 0.3) is 0 Å². The van der Waals surface area contributed by atoms with E-state index in [1.807, 2.05) is 61.5 Å². The molecule has 4 nitrogen and oxygen atoms in total. The number of sulfonamides is 1. The standard InChI is InChI=1S/C22H25NO3S/c1-3-4-16-26-21-14-15-22(20-13-9-8-12-19(20)21)27(24,25)23-17(2)18-10-6-5-7-11-18/h5-15,17,23H,3-4,16H2,1-2H3. The molecule has 3 aromatic rings. The minimum Gasteiger partial charge on any atom is -0.493 e. The Morgan fingerprint density at radius 3 is 2.30 bits per heavy atom. The van der Waals surface area contributed by atoms with E-state index in [0.29, 0.717) is 17.7 Å². The van der Waals surface area contributed by atoms with Gasteiger partial charge in [0.05, 0.1) is 11.5 Å². The molecule has 0 amide bonds. The molecular weight excluding hydrogens is 358 g/mol. The summed E-state index contributed by atoms with van der Waals surface area (Å²) in [5.41, 5.74) is 0.921. The zero-order valence-corrected chi connectivity index (χ0v) is 16.5. The second kappa shape index (κ2) is 8.55. The van der Waals surface area contributed by atoms with E-state index < -0.39 is 10.0 Å². The van der Waals surface area contributed by atoms with Crippen LogP contribution in [0.2, 0.25) is 0 Å². The van der Waals surface area contributed by atoms with E-state index in [4.69, 9.17) is 4.74 Å². The van der Waals surface area contributed by atoms with Gasteiger partial charge in [0, 0.05) is 16.8 Å². The molecule has 0 spiro atoms. The maximum absolute atomic E-state index is 13.0. The van der Waals surface area contributed by atoms with Crippen LogP contribution in [0.4, 0.5) is 0 Å². The van der Waals surface area contributed by atoms with E-state index in [1.54, 1.807) is 12.1 Å². The number of fused-ring (bicyclic) bond motifs is 1. The predicted octanol–water partition coefficient (Wildman–Crippen LogP) is 5.06. The highest BCUT2D eigenvalue weighted by Crippen LogP contribution is 2.32. The molecule has 3 aromatic carbocycles. The van der Waals surface area contributed by atoms with Crippen molar-refractivity contribution in [3.8, 4) is 5.75 Å². The van der Waals surface area contributed by atoms with Crippen LogP contribution < -0.4 is 9.46 Å². The molecule has 0 aliphatic rings. The minimum atomic E-state index is -3.68. The molecule has 142 valence electrons. The molecule has 0 fully saturated rings. The molecule has 3 rings (SSSR count). The Morgan fingerprint density at radius 1 is 0.926 bits per heavy atom. The molecule has 5 heteroatoms. The van der Waals surface area contributed by atoms with Crippen LogP contribution in [0.15, 0.2) is 71.6 Å². The second-order valence-corrected chi connectivity index (χ2v) is 8.25.